The summed E-state index contributed by atoms with van der Waals surface area (Å²) in [7, 11) is -3.97. The first kappa shape index (κ1) is 24.6. The molecular weight excluding hydrogens is 490 g/mol. The number of aromatic nitrogens is 2. The number of hydrogen-bond donors (Lipinski definition) is 1. The first-order chi connectivity index (χ1) is 15.5. The Balaban J connectivity index is 1.92. The van der Waals surface area contributed by atoms with Gasteiger partial charge in [-0.1, -0.05) is 48.1 Å². The maximum Gasteiger partial charge on any atom is 0.271 e. The van der Waals surface area contributed by atoms with Gasteiger partial charge in [0.1, 0.15) is 11.0 Å². The van der Waals surface area contributed by atoms with Crippen LogP contribution < -0.4 is 9.62 Å². The van der Waals surface area contributed by atoms with Crippen molar-refractivity contribution in [1.82, 2.24) is 10.2 Å². The number of rotatable bonds is 8. The number of hydrogen-bond acceptors (Lipinski definition) is 8. The molecule has 1 N–H and O–H groups in total. The number of non-ortho nitro benzene ring substituents is 1. The molecular formula is C20H20ClN5O5S2. The highest BCUT2D eigenvalue weighted by atomic mass is 35.5. The van der Waals surface area contributed by atoms with Crippen molar-refractivity contribution in [3.05, 3.63) is 63.2 Å². The van der Waals surface area contributed by atoms with Crippen LogP contribution in [0.3, 0.4) is 0 Å². The van der Waals surface area contributed by atoms with Gasteiger partial charge in [0.15, 0.2) is 0 Å². The largest absolute Gasteiger partial charge is 0.299 e. The van der Waals surface area contributed by atoms with Gasteiger partial charge in [-0.2, -0.15) is 0 Å². The number of amides is 1. The summed E-state index contributed by atoms with van der Waals surface area (Å²) in [6.45, 7) is 3.26. The predicted molar refractivity (Wildman–Crippen MR) is 128 cm³/mol. The summed E-state index contributed by atoms with van der Waals surface area (Å²) in [4.78, 5) is 23.7. The van der Waals surface area contributed by atoms with E-state index in [4.69, 9.17) is 11.6 Å². The van der Waals surface area contributed by atoms with Crippen molar-refractivity contribution in [1.29, 1.82) is 0 Å². The molecule has 0 saturated carbocycles. The fourth-order valence-corrected chi connectivity index (χ4v) is 5.29. The number of halogens is 1. The summed E-state index contributed by atoms with van der Waals surface area (Å²) in [6, 6.07) is 9.64. The molecule has 0 aliphatic heterocycles. The first-order valence-electron chi connectivity index (χ1n) is 9.66. The van der Waals surface area contributed by atoms with E-state index in [-0.39, 0.29) is 22.9 Å². The molecule has 1 atom stereocenters. The minimum atomic E-state index is -3.97. The Kier molecular flexibility index (Phi) is 7.30. The molecule has 3 aromatic rings. The van der Waals surface area contributed by atoms with Gasteiger partial charge in [0, 0.05) is 22.7 Å². The molecule has 0 radical (unpaired) electrons. The number of nitro benzene ring substituents is 1. The van der Waals surface area contributed by atoms with E-state index in [9.17, 15) is 23.3 Å². The molecule has 0 aliphatic carbocycles. The van der Waals surface area contributed by atoms with E-state index in [0.29, 0.717) is 15.6 Å². The Morgan fingerprint density at radius 2 is 1.91 bits per heavy atom. The molecule has 3 rings (SSSR count). The monoisotopic (exact) mass is 509 g/mol. The molecule has 13 heteroatoms. The lowest BCUT2D eigenvalue weighted by Gasteiger charge is -2.30. The van der Waals surface area contributed by atoms with E-state index in [2.05, 4.69) is 15.5 Å². The molecule has 0 bridgehead atoms. The number of benzene rings is 2. The molecule has 2 aromatic carbocycles. The van der Waals surface area contributed by atoms with Crippen molar-refractivity contribution in [2.24, 2.45) is 0 Å². The fourth-order valence-electron chi connectivity index (χ4n) is 3.16. The minimum Gasteiger partial charge on any atom is -0.299 e. The number of aryl methyl sites for hydroxylation is 1. The van der Waals surface area contributed by atoms with Crippen LogP contribution in [0.2, 0.25) is 5.02 Å². The second-order valence-electron chi connectivity index (χ2n) is 7.12. The molecule has 0 spiro atoms. The van der Waals surface area contributed by atoms with Crippen molar-refractivity contribution in [3.8, 4) is 10.6 Å². The highest BCUT2D eigenvalue weighted by Crippen LogP contribution is 2.31. The summed E-state index contributed by atoms with van der Waals surface area (Å²) in [6.07, 6.45) is 1.06. The van der Waals surface area contributed by atoms with Crippen molar-refractivity contribution >= 4 is 55.4 Å². The molecule has 1 aromatic heterocycles. The van der Waals surface area contributed by atoms with Gasteiger partial charge in [0.2, 0.25) is 21.1 Å². The zero-order chi connectivity index (χ0) is 24.3. The molecule has 10 nitrogen and oxygen atoms in total. The molecule has 0 fully saturated rings. The van der Waals surface area contributed by atoms with Crippen LogP contribution in [0.4, 0.5) is 16.5 Å². The van der Waals surface area contributed by atoms with E-state index < -0.39 is 26.9 Å². The SMILES string of the molecule is CC[C@@H](C(=O)Nc1nnc(-c2ccc(Cl)cc2)s1)N(c1cc([N+](=O)[O-])ccc1C)S(C)(=O)=O. The van der Waals surface area contributed by atoms with Crippen LogP contribution in [-0.2, 0) is 14.8 Å². The summed E-state index contributed by atoms with van der Waals surface area (Å²) in [5.74, 6) is -0.632. The third-order valence-corrected chi connectivity index (χ3v) is 7.02. The van der Waals surface area contributed by atoms with Gasteiger partial charge in [-0.3, -0.25) is 24.5 Å². The highest BCUT2D eigenvalue weighted by molar-refractivity contribution is 7.92. The molecule has 0 unspecified atom stereocenters. The number of nitrogens with zero attached hydrogens (tertiary/aromatic N) is 4. The van der Waals surface area contributed by atoms with Crippen LogP contribution in [0.1, 0.15) is 18.9 Å². The maximum absolute atomic E-state index is 13.1. The number of carbonyl (C=O) groups excluding carboxylic acids is 1. The maximum atomic E-state index is 13.1. The van der Waals surface area contributed by atoms with Crippen molar-refractivity contribution in [3.63, 3.8) is 0 Å². The van der Waals surface area contributed by atoms with Gasteiger partial charge in [0.25, 0.3) is 5.69 Å². The van der Waals surface area contributed by atoms with Gasteiger partial charge < -0.3 is 0 Å². The summed E-state index contributed by atoms with van der Waals surface area (Å²) >= 11 is 7.02. The van der Waals surface area contributed by atoms with E-state index in [1.807, 2.05) is 0 Å². The Morgan fingerprint density at radius 3 is 2.48 bits per heavy atom. The lowest BCUT2D eigenvalue weighted by Crippen LogP contribution is -2.47. The van der Waals surface area contributed by atoms with E-state index in [0.717, 1.165) is 33.5 Å². The number of nitro groups is 1. The standard InChI is InChI=1S/C20H20ClN5O5S2/c1-4-16(25(33(3,30)31)17-11-15(26(28)29)10-5-12(17)2)18(27)22-20-24-23-19(32-20)13-6-8-14(21)9-7-13/h5-11,16H,4H2,1-3H3,(H,22,24,27)/t16-/m0/s1. The average Bonchev–Trinajstić information content (AvgIpc) is 3.20. The lowest BCUT2D eigenvalue weighted by molar-refractivity contribution is -0.384. The number of carbonyl (C=O) groups is 1. The van der Waals surface area contributed by atoms with Crippen LogP contribution in [0.25, 0.3) is 10.6 Å². The number of anilines is 2. The summed E-state index contributed by atoms with van der Waals surface area (Å²) in [5.41, 5.74) is 1.01. The molecule has 0 aliphatic rings. The number of nitrogens with one attached hydrogen (secondary N) is 1. The second-order valence-corrected chi connectivity index (χ2v) is 10.4. The molecule has 0 saturated heterocycles. The van der Waals surface area contributed by atoms with E-state index in [1.165, 1.54) is 12.1 Å². The van der Waals surface area contributed by atoms with Crippen LogP contribution in [0, 0.1) is 17.0 Å². The third kappa shape index (κ3) is 5.64. The molecule has 174 valence electrons. The Hall–Kier alpha value is -3.09. The van der Waals surface area contributed by atoms with E-state index >= 15 is 0 Å². The molecule has 33 heavy (non-hydrogen) atoms. The Bertz CT molecular complexity index is 1290. The zero-order valence-electron chi connectivity index (χ0n) is 17.9. The Labute approximate surface area is 199 Å². The van der Waals surface area contributed by atoms with Crippen LogP contribution in [-0.4, -0.2) is 41.7 Å². The third-order valence-electron chi connectivity index (χ3n) is 4.72. The van der Waals surface area contributed by atoms with Crippen LogP contribution >= 0.6 is 22.9 Å². The van der Waals surface area contributed by atoms with Crippen molar-refractivity contribution < 1.29 is 18.1 Å². The van der Waals surface area contributed by atoms with Crippen LogP contribution in [0.15, 0.2) is 42.5 Å². The zero-order valence-corrected chi connectivity index (χ0v) is 20.2. The smallest absolute Gasteiger partial charge is 0.271 e. The Morgan fingerprint density at radius 1 is 1.24 bits per heavy atom. The minimum absolute atomic E-state index is 0.0628. The van der Waals surface area contributed by atoms with Gasteiger partial charge in [-0.05, 0) is 31.0 Å². The normalized spacial score (nSPS) is 12.2. The van der Waals surface area contributed by atoms with Crippen molar-refractivity contribution in [2.75, 3.05) is 15.9 Å². The summed E-state index contributed by atoms with van der Waals surface area (Å²) in [5, 5.41) is 23.2. The predicted octanol–water partition coefficient (Wildman–Crippen LogP) is 4.26. The molecule has 1 amide bonds. The van der Waals surface area contributed by atoms with Gasteiger partial charge in [-0.15, -0.1) is 10.2 Å². The lowest BCUT2D eigenvalue weighted by atomic mass is 10.1. The van der Waals surface area contributed by atoms with Gasteiger partial charge in [-0.25, -0.2) is 8.42 Å². The van der Waals surface area contributed by atoms with Gasteiger partial charge >= 0.3 is 0 Å². The highest BCUT2D eigenvalue weighted by Gasteiger charge is 2.33. The quantitative estimate of drug-likeness (QED) is 0.354. The topological polar surface area (TPSA) is 135 Å². The molecule has 1 heterocycles. The number of sulfonamides is 1. The summed E-state index contributed by atoms with van der Waals surface area (Å²) < 4.78 is 26.3. The van der Waals surface area contributed by atoms with Crippen molar-refractivity contribution in [2.45, 2.75) is 26.3 Å². The average molecular weight is 510 g/mol. The fraction of sp³-hybridized carbons (Fsp3) is 0.250. The van der Waals surface area contributed by atoms with Crippen LogP contribution in [0.5, 0.6) is 0 Å². The second kappa shape index (κ2) is 9.81. The van der Waals surface area contributed by atoms with Gasteiger partial charge in [0.05, 0.1) is 16.9 Å². The first-order valence-corrected chi connectivity index (χ1v) is 12.7. The van der Waals surface area contributed by atoms with E-state index in [1.54, 1.807) is 38.1 Å².